The first-order valence-electron chi connectivity index (χ1n) is 8.99. The second kappa shape index (κ2) is 7.95. The van der Waals surface area contributed by atoms with Crippen molar-refractivity contribution in [1.82, 2.24) is 9.21 Å². The average molecular weight is 353 g/mol. The monoisotopic (exact) mass is 352 g/mol. The van der Waals surface area contributed by atoms with Crippen LogP contribution in [0.2, 0.25) is 0 Å². The Morgan fingerprint density at radius 2 is 1.83 bits per heavy atom. The van der Waals surface area contributed by atoms with Crippen molar-refractivity contribution >= 4 is 10.0 Å². The van der Waals surface area contributed by atoms with Crippen molar-refractivity contribution in [2.24, 2.45) is 5.92 Å². The minimum Gasteiger partial charge on any atom is -0.379 e. The molecule has 1 aromatic carbocycles. The molecule has 0 aromatic heterocycles. The second-order valence-electron chi connectivity index (χ2n) is 6.79. The minimum absolute atomic E-state index is 0.408. The van der Waals surface area contributed by atoms with Gasteiger partial charge in [0, 0.05) is 19.6 Å². The Kier molecular flexibility index (Phi) is 5.92. The molecular weight excluding hydrogens is 324 g/mol. The van der Waals surface area contributed by atoms with Gasteiger partial charge in [-0.3, -0.25) is 4.90 Å². The molecule has 0 saturated carbocycles. The number of piperidine rings is 1. The van der Waals surface area contributed by atoms with E-state index in [0.29, 0.717) is 31.2 Å². The molecule has 0 unspecified atom stereocenters. The molecule has 3 rings (SSSR count). The van der Waals surface area contributed by atoms with Crippen molar-refractivity contribution in [2.45, 2.75) is 37.6 Å². The fourth-order valence-corrected chi connectivity index (χ4v) is 5.03. The molecule has 0 aliphatic carbocycles. The smallest absolute Gasteiger partial charge is 0.243 e. The maximum atomic E-state index is 12.8. The van der Waals surface area contributed by atoms with E-state index in [1.807, 2.05) is 18.2 Å². The molecule has 2 aliphatic heterocycles. The van der Waals surface area contributed by atoms with E-state index in [-0.39, 0.29) is 0 Å². The molecule has 0 atom stereocenters. The predicted octanol–water partition coefficient (Wildman–Crippen LogP) is 2.33. The topological polar surface area (TPSA) is 49.9 Å². The van der Waals surface area contributed by atoms with E-state index in [9.17, 15) is 8.42 Å². The maximum Gasteiger partial charge on any atom is 0.243 e. The van der Waals surface area contributed by atoms with Gasteiger partial charge in [-0.15, -0.1) is 0 Å². The Labute approximate surface area is 145 Å². The first kappa shape index (κ1) is 17.9. The van der Waals surface area contributed by atoms with Crippen LogP contribution in [0.5, 0.6) is 0 Å². The van der Waals surface area contributed by atoms with Gasteiger partial charge in [0.05, 0.1) is 18.1 Å². The van der Waals surface area contributed by atoms with Crippen LogP contribution >= 0.6 is 0 Å². The third-order valence-corrected chi connectivity index (χ3v) is 7.09. The summed E-state index contributed by atoms with van der Waals surface area (Å²) in [7, 11) is -3.40. The van der Waals surface area contributed by atoms with Gasteiger partial charge in [0.25, 0.3) is 0 Å². The highest BCUT2D eigenvalue weighted by Gasteiger charge is 2.26. The van der Waals surface area contributed by atoms with Crippen molar-refractivity contribution in [3.05, 3.63) is 29.8 Å². The fraction of sp³-hybridized carbons (Fsp3) is 0.667. The summed E-state index contributed by atoms with van der Waals surface area (Å²) >= 11 is 0. The van der Waals surface area contributed by atoms with Crippen LogP contribution in [0.1, 0.15) is 31.7 Å². The van der Waals surface area contributed by atoms with Gasteiger partial charge in [-0.1, -0.05) is 25.5 Å². The molecule has 0 radical (unpaired) electrons. The quantitative estimate of drug-likeness (QED) is 0.816. The standard InChI is InChI=1S/C18H28N2O3S/c1-2-16-6-8-19(9-7-16)15-17-4-3-5-18(14-17)24(21,22)20-10-12-23-13-11-20/h3-5,14,16H,2,6-13,15H2,1H3. The zero-order valence-electron chi connectivity index (χ0n) is 14.5. The zero-order valence-corrected chi connectivity index (χ0v) is 15.3. The summed E-state index contributed by atoms with van der Waals surface area (Å²) in [6.07, 6.45) is 3.77. The number of hydrogen-bond donors (Lipinski definition) is 0. The van der Waals surface area contributed by atoms with E-state index in [2.05, 4.69) is 11.8 Å². The number of hydrogen-bond acceptors (Lipinski definition) is 4. The number of benzene rings is 1. The highest BCUT2D eigenvalue weighted by molar-refractivity contribution is 7.89. The summed E-state index contributed by atoms with van der Waals surface area (Å²) in [5.74, 6) is 0.856. The summed E-state index contributed by atoms with van der Waals surface area (Å²) in [6, 6.07) is 7.44. The van der Waals surface area contributed by atoms with Crippen LogP contribution in [0.3, 0.4) is 0 Å². The minimum atomic E-state index is -3.40. The molecule has 134 valence electrons. The van der Waals surface area contributed by atoms with Crippen LogP contribution in [0.25, 0.3) is 0 Å². The normalized spacial score (nSPS) is 21.9. The molecule has 2 fully saturated rings. The van der Waals surface area contributed by atoms with Crippen LogP contribution in [0.15, 0.2) is 29.2 Å². The lowest BCUT2D eigenvalue weighted by molar-refractivity contribution is 0.0730. The van der Waals surface area contributed by atoms with Gasteiger partial charge < -0.3 is 4.74 Å². The van der Waals surface area contributed by atoms with Crippen molar-refractivity contribution in [3.63, 3.8) is 0 Å². The summed E-state index contributed by atoms with van der Waals surface area (Å²) in [4.78, 5) is 2.84. The van der Waals surface area contributed by atoms with Crippen molar-refractivity contribution < 1.29 is 13.2 Å². The largest absolute Gasteiger partial charge is 0.379 e. The molecular formula is C18H28N2O3S. The van der Waals surface area contributed by atoms with Gasteiger partial charge >= 0.3 is 0 Å². The fourth-order valence-electron chi connectivity index (χ4n) is 3.55. The Bertz CT molecular complexity index is 633. The summed E-state index contributed by atoms with van der Waals surface area (Å²) in [6.45, 7) is 7.16. The lowest BCUT2D eigenvalue weighted by atomic mass is 9.94. The van der Waals surface area contributed by atoms with Gasteiger partial charge in [-0.2, -0.15) is 4.31 Å². The van der Waals surface area contributed by atoms with E-state index in [0.717, 1.165) is 31.1 Å². The van der Waals surface area contributed by atoms with Crippen LogP contribution in [0, 0.1) is 5.92 Å². The van der Waals surface area contributed by atoms with E-state index < -0.39 is 10.0 Å². The van der Waals surface area contributed by atoms with Crippen LogP contribution in [-0.4, -0.2) is 57.0 Å². The van der Waals surface area contributed by atoms with Gasteiger partial charge in [-0.25, -0.2) is 8.42 Å². The van der Waals surface area contributed by atoms with Crippen molar-refractivity contribution in [1.29, 1.82) is 0 Å². The first-order chi connectivity index (χ1) is 11.6. The van der Waals surface area contributed by atoms with Gasteiger partial charge in [-0.05, 0) is 49.5 Å². The third kappa shape index (κ3) is 4.17. The van der Waals surface area contributed by atoms with Crippen LogP contribution in [0.4, 0.5) is 0 Å². The Morgan fingerprint density at radius 3 is 2.50 bits per heavy atom. The highest BCUT2D eigenvalue weighted by atomic mass is 32.2. The Morgan fingerprint density at radius 1 is 1.12 bits per heavy atom. The maximum absolute atomic E-state index is 12.8. The number of nitrogens with zero attached hydrogens (tertiary/aromatic N) is 2. The molecule has 5 nitrogen and oxygen atoms in total. The number of ether oxygens (including phenoxy) is 1. The molecule has 0 spiro atoms. The summed E-state index contributed by atoms with van der Waals surface area (Å²) in [5.41, 5.74) is 1.08. The number of sulfonamides is 1. The van der Waals surface area contributed by atoms with Crippen LogP contribution < -0.4 is 0 Å². The molecule has 0 bridgehead atoms. The lowest BCUT2D eigenvalue weighted by Gasteiger charge is -2.31. The summed E-state index contributed by atoms with van der Waals surface area (Å²) in [5, 5.41) is 0. The second-order valence-corrected chi connectivity index (χ2v) is 8.73. The lowest BCUT2D eigenvalue weighted by Crippen LogP contribution is -2.40. The number of rotatable bonds is 5. The van der Waals surface area contributed by atoms with Crippen molar-refractivity contribution in [3.8, 4) is 0 Å². The third-order valence-electron chi connectivity index (χ3n) is 5.20. The summed E-state index contributed by atoms with van der Waals surface area (Å²) < 4.78 is 32.3. The molecule has 0 N–H and O–H groups in total. The molecule has 2 aliphatic rings. The highest BCUT2D eigenvalue weighted by Crippen LogP contribution is 2.23. The molecule has 24 heavy (non-hydrogen) atoms. The predicted molar refractivity (Wildman–Crippen MR) is 94.3 cm³/mol. The SMILES string of the molecule is CCC1CCN(Cc2cccc(S(=O)(=O)N3CCOCC3)c2)CC1. The Balaban J connectivity index is 1.68. The van der Waals surface area contributed by atoms with Crippen molar-refractivity contribution in [2.75, 3.05) is 39.4 Å². The number of likely N-dealkylation sites (tertiary alicyclic amines) is 1. The molecule has 1 aromatic rings. The zero-order chi connectivity index (χ0) is 17.0. The average Bonchev–Trinajstić information content (AvgIpc) is 2.63. The molecule has 2 heterocycles. The first-order valence-corrected chi connectivity index (χ1v) is 10.4. The van der Waals surface area contributed by atoms with Gasteiger partial charge in [0.2, 0.25) is 10.0 Å². The molecule has 0 amide bonds. The molecule has 2 saturated heterocycles. The van der Waals surface area contributed by atoms with Gasteiger partial charge in [0.15, 0.2) is 0 Å². The van der Waals surface area contributed by atoms with E-state index in [1.165, 1.54) is 23.6 Å². The van der Waals surface area contributed by atoms with E-state index in [4.69, 9.17) is 4.74 Å². The van der Waals surface area contributed by atoms with Crippen LogP contribution in [-0.2, 0) is 21.3 Å². The van der Waals surface area contributed by atoms with E-state index in [1.54, 1.807) is 6.07 Å². The van der Waals surface area contributed by atoms with E-state index >= 15 is 0 Å². The number of morpholine rings is 1. The van der Waals surface area contributed by atoms with Gasteiger partial charge in [0.1, 0.15) is 0 Å². The Hall–Kier alpha value is -0.950. The molecule has 6 heteroatoms.